The third kappa shape index (κ3) is 5.32. The lowest BCUT2D eigenvalue weighted by Gasteiger charge is -2.18. The number of aliphatic hydroxyl groups is 1. The summed E-state index contributed by atoms with van der Waals surface area (Å²) in [7, 11) is 0. The first-order valence-corrected chi connectivity index (χ1v) is 8.95. The molecule has 27 heavy (non-hydrogen) atoms. The number of aromatic nitrogens is 1. The molecule has 0 aliphatic carbocycles. The summed E-state index contributed by atoms with van der Waals surface area (Å²) < 4.78 is 5.55. The Labute approximate surface area is 157 Å². The molecule has 4 N–H and O–H groups in total. The Balaban J connectivity index is 1.47. The van der Waals surface area contributed by atoms with Crippen molar-refractivity contribution in [3.05, 3.63) is 65.9 Å². The number of nitrogens with one attached hydrogen (secondary N) is 2. The van der Waals surface area contributed by atoms with E-state index < -0.39 is 12.1 Å². The van der Waals surface area contributed by atoms with Crippen LogP contribution in [0, 0.1) is 0 Å². The Hall–Kier alpha value is -2.83. The monoisotopic (exact) mass is 368 g/mol. The third-order valence-corrected chi connectivity index (χ3v) is 4.34. The van der Waals surface area contributed by atoms with Gasteiger partial charge in [0.1, 0.15) is 24.2 Å². The SMILES string of the molecule is C[C@H](Cc1ccc2[nH]c(C(=O)O)cc2c1)NC[C@H](O)COc1ccccc1. The molecule has 0 radical (unpaired) electrons. The molecule has 2 atom stereocenters. The highest BCUT2D eigenvalue weighted by Crippen LogP contribution is 2.18. The number of aromatic carboxylic acids is 1. The number of carboxylic acid groups (broad SMARTS) is 1. The summed E-state index contributed by atoms with van der Waals surface area (Å²) in [6.45, 7) is 2.72. The van der Waals surface area contributed by atoms with Crippen LogP contribution in [0.3, 0.4) is 0 Å². The number of fused-ring (bicyclic) bond motifs is 1. The smallest absolute Gasteiger partial charge is 0.352 e. The summed E-state index contributed by atoms with van der Waals surface area (Å²) in [6.07, 6.45) is 0.174. The molecule has 1 aromatic heterocycles. The van der Waals surface area contributed by atoms with Crippen LogP contribution in [-0.4, -0.2) is 46.5 Å². The average molecular weight is 368 g/mol. The Kier molecular flexibility index (Phi) is 6.11. The molecule has 0 spiro atoms. The second-order valence-electron chi connectivity index (χ2n) is 6.70. The number of hydrogen-bond acceptors (Lipinski definition) is 4. The second-order valence-corrected chi connectivity index (χ2v) is 6.70. The highest BCUT2D eigenvalue weighted by Gasteiger charge is 2.11. The van der Waals surface area contributed by atoms with Gasteiger partial charge in [-0.25, -0.2) is 4.79 Å². The van der Waals surface area contributed by atoms with Gasteiger partial charge in [-0.15, -0.1) is 0 Å². The summed E-state index contributed by atoms with van der Waals surface area (Å²) in [5, 5.41) is 23.3. The molecule has 6 heteroatoms. The second kappa shape index (κ2) is 8.70. The Morgan fingerprint density at radius 2 is 1.96 bits per heavy atom. The molecular formula is C21H24N2O4. The lowest BCUT2D eigenvalue weighted by Crippen LogP contribution is -2.37. The summed E-state index contributed by atoms with van der Waals surface area (Å²) in [5.74, 6) is -0.223. The molecule has 6 nitrogen and oxygen atoms in total. The fourth-order valence-corrected chi connectivity index (χ4v) is 2.96. The van der Waals surface area contributed by atoms with Crippen molar-refractivity contribution in [3.63, 3.8) is 0 Å². The highest BCUT2D eigenvalue weighted by atomic mass is 16.5. The Morgan fingerprint density at radius 1 is 1.19 bits per heavy atom. The number of benzene rings is 2. The molecule has 0 amide bonds. The minimum absolute atomic E-state index is 0.159. The van der Waals surface area contributed by atoms with E-state index in [0.717, 1.165) is 28.6 Å². The van der Waals surface area contributed by atoms with Crippen LogP contribution in [0.4, 0.5) is 0 Å². The van der Waals surface area contributed by atoms with Gasteiger partial charge in [0, 0.05) is 23.5 Å². The van der Waals surface area contributed by atoms with Crippen molar-refractivity contribution >= 4 is 16.9 Å². The minimum Gasteiger partial charge on any atom is -0.491 e. The number of aliphatic hydroxyl groups excluding tert-OH is 1. The zero-order chi connectivity index (χ0) is 19.2. The first-order chi connectivity index (χ1) is 13.0. The largest absolute Gasteiger partial charge is 0.491 e. The predicted molar refractivity (Wildman–Crippen MR) is 104 cm³/mol. The molecular weight excluding hydrogens is 344 g/mol. The fourth-order valence-electron chi connectivity index (χ4n) is 2.96. The molecule has 1 heterocycles. The first kappa shape index (κ1) is 18.9. The Morgan fingerprint density at radius 3 is 2.70 bits per heavy atom. The molecule has 0 saturated carbocycles. The summed E-state index contributed by atoms with van der Waals surface area (Å²) in [6, 6.07) is 17.1. The normalized spacial score (nSPS) is 13.4. The molecule has 2 aromatic carbocycles. The van der Waals surface area contributed by atoms with Gasteiger partial charge in [0.25, 0.3) is 0 Å². The molecule has 0 aliphatic heterocycles. The Bertz CT molecular complexity index is 892. The van der Waals surface area contributed by atoms with Crippen LogP contribution in [0.2, 0.25) is 0 Å². The van der Waals surface area contributed by atoms with E-state index >= 15 is 0 Å². The van der Waals surface area contributed by atoms with Crippen molar-refractivity contribution in [1.29, 1.82) is 0 Å². The molecule has 0 fully saturated rings. The van der Waals surface area contributed by atoms with E-state index in [-0.39, 0.29) is 18.3 Å². The number of para-hydroxylation sites is 1. The maximum atomic E-state index is 11.1. The van der Waals surface area contributed by atoms with Gasteiger partial charge in [0.2, 0.25) is 0 Å². The predicted octanol–water partition coefficient (Wildman–Crippen LogP) is 2.83. The molecule has 0 saturated heterocycles. The molecule has 142 valence electrons. The number of rotatable bonds is 9. The maximum absolute atomic E-state index is 11.1. The van der Waals surface area contributed by atoms with Crippen molar-refractivity contribution in [3.8, 4) is 5.75 Å². The number of aromatic amines is 1. The van der Waals surface area contributed by atoms with Gasteiger partial charge in [-0.2, -0.15) is 0 Å². The lowest BCUT2D eigenvalue weighted by atomic mass is 10.1. The standard InChI is InChI=1S/C21H24N2O4/c1-14(22-12-17(24)13-27-18-5-3-2-4-6-18)9-15-7-8-19-16(10-15)11-20(23-19)21(25)26/h2-8,10-11,14,17,22-24H,9,12-13H2,1H3,(H,25,26)/t14-,17+/m1/s1. The molecule has 3 aromatic rings. The van der Waals surface area contributed by atoms with Crippen molar-refractivity contribution in [1.82, 2.24) is 10.3 Å². The van der Waals surface area contributed by atoms with Gasteiger partial charge >= 0.3 is 5.97 Å². The number of carbonyl (C=O) groups is 1. The quantitative estimate of drug-likeness (QED) is 0.466. The van der Waals surface area contributed by atoms with E-state index in [9.17, 15) is 9.90 Å². The zero-order valence-electron chi connectivity index (χ0n) is 15.2. The van der Waals surface area contributed by atoms with Crippen LogP contribution >= 0.6 is 0 Å². The number of H-pyrrole nitrogens is 1. The average Bonchev–Trinajstić information content (AvgIpc) is 3.09. The van der Waals surface area contributed by atoms with Crippen molar-refractivity contribution in [2.75, 3.05) is 13.2 Å². The summed E-state index contributed by atoms with van der Waals surface area (Å²) in [5.41, 5.74) is 2.11. The molecule has 0 unspecified atom stereocenters. The van der Waals surface area contributed by atoms with E-state index in [1.165, 1.54) is 0 Å². The lowest BCUT2D eigenvalue weighted by molar-refractivity contribution is 0.0691. The van der Waals surface area contributed by atoms with Crippen LogP contribution in [0.15, 0.2) is 54.6 Å². The van der Waals surface area contributed by atoms with Gasteiger partial charge in [0.15, 0.2) is 0 Å². The van der Waals surface area contributed by atoms with Gasteiger partial charge in [-0.1, -0.05) is 24.3 Å². The van der Waals surface area contributed by atoms with E-state index in [0.29, 0.717) is 6.54 Å². The van der Waals surface area contributed by atoms with Crippen molar-refractivity contribution in [2.45, 2.75) is 25.5 Å². The number of carboxylic acids is 1. The minimum atomic E-state index is -0.963. The molecule has 0 bridgehead atoms. The topological polar surface area (TPSA) is 94.6 Å². The number of hydrogen-bond donors (Lipinski definition) is 4. The third-order valence-electron chi connectivity index (χ3n) is 4.34. The zero-order valence-corrected chi connectivity index (χ0v) is 15.2. The van der Waals surface area contributed by atoms with Gasteiger partial charge in [-0.05, 0) is 49.2 Å². The van der Waals surface area contributed by atoms with Crippen LogP contribution in [0.25, 0.3) is 10.9 Å². The number of ether oxygens (including phenoxy) is 1. The van der Waals surface area contributed by atoms with Crippen LogP contribution in [0.5, 0.6) is 5.75 Å². The summed E-state index contributed by atoms with van der Waals surface area (Å²) >= 11 is 0. The first-order valence-electron chi connectivity index (χ1n) is 8.95. The van der Waals surface area contributed by atoms with Crippen LogP contribution < -0.4 is 10.1 Å². The summed E-state index contributed by atoms with van der Waals surface area (Å²) in [4.78, 5) is 13.9. The van der Waals surface area contributed by atoms with E-state index in [2.05, 4.69) is 17.2 Å². The van der Waals surface area contributed by atoms with Gasteiger partial charge < -0.3 is 25.3 Å². The van der Waals surface area contributed by atoms with Crippen LogP contribution in [0.1, 0.15) is 23.0 Å². The van der Waals surface area contributed by atoms with Gasteiger partial charge in [0.05, 0.1) is 0 Å². The maximum Gasteiger partial charge on any atom is 0.352 e. The van der Waals surface area contributed by atoms with Crippen molar-refractivity contribution in [2.24, 2.45) is 0 Å². The fraction of sp³-hybridized carbons (Fsp3) is 0.286. The van der Waals surface area contributed by atoms with Crippen LogP contribution in [-0.2, 0) is 6.42 Å². The molecule has 0 aliphatic rings. The molecule has 3 rings (SSSR count). The van der Waals surface area contributed by atoms with E-state index in [1.807, 2.05) is 48.5 Å². The van der Waals surface area contributed by atoms with Gasteiger partial charge in [-0.3, -0.25) is 0 Å². The highest BCUT2D eigenvalue weighted by molar-refractivity contribution is 5.93. The van der Waals surface area contributed by atoms with Crippen molar-refractivity contribution < 1.29 is 19.7 Å². The van der Waals surface area contributed by atoms with E-state index in [4.69, 9.17) is 9.84 Å². The van der Waals surface area contributed by atoms with E-state index in [1.54, 1.807) is 6.07 Å².